The highest BCUT2D eigenvalue weighted by atomic mass is 35.5. The summed E-state index contributed by atoms with van der Waals surface area (Å²) >= 11 is 5.83. The lowest BCUT2D eigenvalue weighted by Gasteiger charge is -2.36. The van der Waals surface area contributed by atoms with Gasteiger partial charge in [-0.15, -0.1) is 11.6 Å². The van der Waals surface area contributed by atoms with Crippen LogP contribution >= 0.6 is 11.6 Å². The molecule has 1 aliphatic rings. The molecule has 3 heteroatoms. The van der Waals surface area contributed by atoms with E-state index in [1.54, 1.807) is 0 Å². The quantitative estimate of drug-likeness (QED) is 0.735. The van der Waals surface area contributed by atoms with Crippen LogP contribution in [0.3, 0.4) is 0 Å². The lowest BCUT2D eigenvalue weighted by Crippen LogP contribution is -2.25. The Morgan fingerprint density at radius 1 is 1.22 bits per heavy atom. The van der Waals surface area contributed by atoms with Crippen molar-refractivity contribution in [2.24, 2.45) is 11.3 Å². The topological polar surface area (TPSA) is 25.8 Å². The third kappa shape index (κ3) is 3.23. The molecule has 2 nitrogen and oxygen atoms in total. The maximum Gasteiger partial charge on any atom is 0.131 e. The molecule has 2 rings (SSSR count). The predicted molar refractivity (Wildman–Crippen MR) is 75.7 cm³/mol. The molecule has 0 aromatic carbocycles. The Balaban J connectivity index is 2.01. The Bertz CT molecular complexity index is 390. The van der Waals surface area contributed by atoms with Crippen LogP contribution in [0.4, 0.5) is 0 Å². The third-order valence-corrected chi connectivity index (χ3v) is 4.46. The van der Waals surface area contributed by atoms with Gasteiger partial charge >= 0.3 is 0 Å². The van der Waals surface area contributed by atoms with Crippen molar-refractivity contribution in [3.63, 3.8) is 0 Å². The smallest absolute Gasteiger partial charge is 0.131 e. The zero-order valence-electron chi connectivity index (χ0n) is 11.6. The van der Waals surface area contributed by atoms with E-state index < -0.39 is 0 Å². The van der Waals surface area contributed by atoms with Crippen LogP contribution in [-0.4, -0.2) is 9.97 Å². The second-order valence-corrected chi connectivity index (χ2v) is 6.72. The first-order valence-corrected chi connectivity index (χ1v) is 7.42. The van der Waals surface area contributed by atoms with Crippen molar-refractivity contribution in [1.82, 2.24) is 9.97 Å². The van der Waals surface area contributed by atoms with Crippen LogP contribution in [0.1, 0.15) is 63.9 Å². The van der Waals surface area contributed by atoms with Crippen molar-refractivity contribution in [3.8, 4) is 0 Å². The summed E-state index contributed by atoms with van der Waals surface area (Å²) in [5, 5.41) is 0. The van der Waals surface area contributed by atoms with Crippen LogP contribution in [0.2, 0.25) is 0 Å². The van der Waals surface area contributed by atoms with Crippen molar-refractivity contribution in [1.29, 1.82) is 0 Å². The van der Waals surface area contributed by atoms with Crippen molar-refractivity contribution >= 4 is 11.6 Å². The Morgan fingerprint density at radius 2 is 1.89 bits per heavy atom. The zero-order chi connectivity index (χ0) is 13.2. The summed E-state index contributed by atoms with van der Waals surface area (Å²) in [6.07, 6.45) is 6.86. The summed E-state index contributed by atoms with van der Waals surface area (Å²) in [6.45, 7) is 7.05. The molecular formula is C15H23ClN2. The van der Waals surface area contributed by atoms with E-state index in [4.69, 9.17) is 11.6 Å². The van der Waals surface area contributed by atoms with Gasteiger partial charge in [0.15, 0.2) is 0 Å². The van der Waals surface area contributed by atoms with Gasteiger partial charge in [0, 0.05) is 12.1 Å². The second-order valence-electron chi connectivity index (χ2n) is 6.45. The van der Waals surface area contributed by atoms with Gasteiger partial charge < -0.3 is 0 Å². The van der Waals surface area contributed by atoms with Gasteiger partial charge in [-0.3, -0.25) is 0 Å². The standard InChI is InChI=1S/C15H23ClN2/c1-15(2,3)12-6-4-11(5-7-12)14-17-9-8-13(10-16)18-14/h8-9,11-12H,4-7,10H2,1-3H3. The van der Waals surface area contributed by atoms with Crippen LogP contribution in [-0.2, 0) is 5.88 Å². The highest BCUT2D eigenvalue weighted by Crippen LogP contribution is 2.42. The molecular weight excluding hydrogens is 244 g/mol. The first kappa shape index (κ1) is 13.8. The highest BCUT2D eigenvalue weighted by molar-refractivity contribution is 6.16. The average molecular weight is 267 g/mol. The fourth-order valence-corrected chi connectivity index (χ4v) is 3.05. The van der Waals surface area contributed by atoms with Crippen LogP contribution in [0.15, 0.2) is 12.3 Å². The number of aromatic nitrogens is 2. The largest absolute Gasteiger partial charge is 0.241 e. The second kappa shape index (κ2) is 5.56. The summed E-state index contributed by atoms with van der Waals surface area (Å²) in [5.74, 6) is 2.85. The molecule has 0 atom stereocenters. The number of halogens is 1. The van der Waals surface area contributed by atoms with Gasteiger partial charge in [0.2, 0.25) is 0 Å². The first-order valence-electron chi connectivity index (χ1n) is 6.88. The molecule has 0 amide bonds. The van der Waals surface area contributed by atoms with E-state index >= 15 is 0 Å². The minimum atomic E-state index is 0.434. The maximum absolute atomic E-state index is 5.83. The van der Waals surface area contributed by atoms with Crippen molar-refractivity contribution < 1.29 is 0 Å². The van der Waals surface area contributed by atoms with Gasteiger partial charge in [0.05, 0.1) is 11.6 Å². The highest BCUT2D eigenvalue weighted by Gasteiger charge is 2.31. The predicted octanol–water partition coefficient (Wildman–Crippen LogP) is 4.54. The monoisotopic (exact) mass is 266 g/mol. The molecule has 1 aromatic heterocycles. The summed E-state index contributed by atoms with van der Waals surface area (Å²) in [6, 6.07) is 1.90. The number of nitrogens with zero attached hydrogens (tertiary/aromatic N) is 2. The van der Waals surface area contributed by atoms with E-state index in [-0.39, 0.29) is 0 Å². The van der Waals surface area contributed by atoms with E-state index in [2.05, 4.69) is 30.7 Å². The molecule has 1 saturated carbocycles. The molecule has 1 heterocycles. The SMILES string of the molecule is CC(C)(C)C1CCC(c2nccc(CCl)n2)CC1. The first-order chi connectivity index (χ1) is 8.50. The van der Waals surface area contributed by atoms with Gasteiger partial charge in [-0.2, -0.15) is 0 Å². The molecule has 18 heavy (non-hydrogen) atoms. The molecule has 0 aliphatic heterocycles. The van der Waals surface area contributed by atoms with Gasteiger partial charge in [0.1, 0.15) is 5.82 Å². The summed E-state index contributed by atoms with van der Waals surface area (Å²) in [4.78, 5) is 8.99. The molecule has 1 aromatic rings. The van der Waals surface area contributed by atoms with Crippen LogP contribution < -0.4 is 0 Å². The Hall–Kier alpha value is -0.630. The van der Waals surface area contributed by atoms with Gasteiger partial charge in [0.25, 0.3) is 0 Å². The van der Waals surface area contributed by atoms with E-state index in [1.807, 2.05) is 12.3 Å². The average Bonchev–Trinajstić information content (AvgIpc) is 2.38. The summed E-state index contributed by atoms with van der Waals surface area (Å²) in [5.41, 5.74) is 1.38. The molecule has 1 aliphatic carbocycles. The van der Waals surface area contributed by atoms with Crippen LogP contribution in [0.25, 0.3) is 0 Å². The lowest BCUT2D eigenvalue weighted by atomic mass is 9.70. The summed E-state index contributed by atoms with van der Waals surface area (Å²) < 4.78 is 0. The fraction of sp³-hybridized carbons (Fsp3) is 0.733. The Kier molecular flexibility index (Phi) is 4.26. The lowest BCUT2D eigenvalue weighted by molar-refractivity contribution is 0.167. The molecule has 0 bridgehead atoms. The molecule has 0 saturated heterocycles. The van der Waals surface area contributed by atoms with E-state index in [0.717, 1.165) is 17.4 Å². The zero-order valence-corrected chi connectivity index (χ0v) is 12.4. The molecule has 100 valence electrons. The molecule has 0 unspecified atom stereocenters. The molecule has 0 N–H and O–H groups in total. The van der Waals surface area contributed by atoms with Crippen molar-refractivity contribution in [2.45, 2.75) is 58.3 Å². The molecule has 0 spiro atoms. The number of alkyl halides is 1. The van der Waals surface area contributed by atoms with Crippen molar-refractivity contribution in [2.75, 3.05) is 0 Å². The number of hydrogen-bond acceptors (Lipinski definition) is 2. The van der Waals surface area contributed by atoms with Crippen LogP contribution in [0.5, 0.6) is 0 Å². The van der Waals surface area contributed by atoms with E-state index in [9.17, 15) is 0 Å². The minimum Gasteiger partial charge on any atom is -0.241 e. The minimum absolute atomic E-state index is 0.434. The van der Waals surface area contributed by atoms with E-state index in [1.165, 1.54) is 25.7 Å². The summed E-state index contributed by atoms with van der Waals surface area (Å²) in [7, 11) is 0. The normalized spacial score (nSPS) is 25.1. The third-order valence-electron chi connectivity index (χ3n) is 4.19. The van der Waals surface area contributed by atoms with Crippen LogP contribution in [0, 0.1) is 11.3 Å². The van der Waals surface area contributed by atoms with Gasteiger partial charge in [-0.25, -0.2) is 9.97 Å². The van der Waals surface area contributed by atoms with Crippen molar-refractivity contribution in [3.05, 3.63) is 23.8 Å². The molecule has 1 fully saturated rings. The fourth-order valence-electron chi connectivity index (χ4n) is 2.90. The number of rotatable bonds is 2. The molecule has 0 radical (unpaired) electrons. The van der Waals surface area contributed by atoms with E-state index in [0.29, 0.717) is 17.2 Å². The maximum atomic E-state index is 5.83. The van der Waals surface area contributed by atoms with Gasteiger partial charge in [-0.1, -0.05) is 20.8 Å². The van der Waals surface area contributed by atoms with Gasteiger partial charge in [-0.05, 0) is 43.1 Å². The number of hydrogen-bond donors (Lipinski definition) is 0. The Labute approximate surface area is 115 Å². The Morgan fingerprint density at radius 3 is 2.44 bits per heavy atom.